The zero-order valence-electron chi connectivity index (χ0n) is 10.6. The van der Waals surface area contributed by atoms with Gasteiger partial charge < -0.3 is 5.32 Å². The third-order valence-corrected chi connectivity index (χ3v) is 3.18. The van der Waals surface area contributed by atoms with Gasteiger partial charge in [-0.15, -0.1) is 0 Å². The second kappa shape index (κ2) is 6.18. The molecular weight excluding hydrogens is 276 g/mol. The highest BCUT2D eigenvalue weighted by atomic mass is 79.9. The fraction of sp³-hybridized carbons (Fsp3) is 0.500. The number of nitriles is 1. The lowest BCUT2D eigenvalue weighted by molar-refractivity contribution is 0.409. The van der Waals surface area contributed by atoms with E-state index in [4.69, 9.17) is 5.26 Å². The molecule has 1 aromatic rings. The summed E-state index contributed by atoms with van der Waals surface area (Å²) in [6, 6.07) is 11.0. The van der Waals surface area contributed by atoms with Crippen LogP contribution >= 0.6 is 15.9 Å². The van der Waals surface area contributed by atoms with Crippen molar-refractivity contribution in [3.8, 4) is 6.07 Å². The Labute approximate surface area is 112 Å². The lowest BCUT2D eigenvalue weighted by Gasteiger charge is -2.20. The molecule has 0 bridgehead atoms. The zero-order chi connectivity index (χ0) is 12.9. The Hall–Kier alpha value is -0.850. The molecule has 0 radical (unpaired) electrons. The smallest absolute Gasteiger partial charge is 0.0697 e. The Morgan fingerprint density at radius 2 is 1.94 bits per heavy atom. The van der Waals surface area contributed by atoms with Gasteiger partial charge in [-0.25, -0.2) is 0 Å². The maximum absolute atomic E-state index is 8.93. The number of rotatable bonds is 5. The van der Waals surface area contributed by atoms with Gasteiger partial charge in [0.2, 0.25) is 0 Å². The van der Waals surface area contributed by atoms with Crippen molar-refractivity contribution >= 4 is 15.9 Å². The Morgan fingerprint density at radius 1 is 1.35 bits per heavy atom. The molecule has 92 valence electrons. The van der Waals surface area contributed by atoms with Crippen molar-refractivity contribution in [2.45, 2.75) is 33.2 Å². The maximum atomic E-state index is 8.93. The van der Waals surface area contributed by atoms with Crippen LogP contribution in [0.4, 0.5) is 0 Å². The first-order valence-corrected chi connectivity index (χ1v) is 6.61. The van der Waals surface area contributed by atoms with E-state index in [2.05, 4.69) is 58.5 Å². The highest BCUT2D eigenvalue weighted by Crippen LogP contribution is 2.13. The third kappa shape index (κ3) is 5.34. The molecule has 0 spiro atoms. The van der Waals surface area contributed by atoms with Gasteiger partial charge in [-0.1, -0.05) is 28.1 Å². The van der Waals surface area contributed by atoms with Gasteiger partial charge in [-0.3, -0.25) is 0 Å². The first-order chi connectivity index (χ1) is 7.93. The van der Waals surface area contributed by atoms with Crippen LogP contribution in [0.2, 0.25) is 0 Å². The largest absolute Gasteiger partial charge is 0.312 e. The normalized spacial score (nSPS) is 13.1. The van der Waals surface area contributed by atoms with Crippen molar-refractivity contribution in [3.63, 3.8) is 0 Å². The quantitative estimate of drug-likeness (QED) is 0.902. The number of benzene rings is 1. The van der Waals surface area contributed by atoms with Crippen molar-refractivity contribution in [1.82, 2.24) is 5.32 Å². The predicted molar refractivity (Wildman–Crippen MR) is 74.7 cm³/mol. The van der Waals surface area contributed by atoms with E-state index < -0.39 is 0 Å². The summed E-state index contributed by atoms with van der Waals surface area (Å²) in [5.41, 5.74) is 1.01. The lowest BCUT2D eigenvalue weighted by atomic mass is 9.95. The Morgan fingerprint density at radius 3 is 2.47 bits per heavy atom. The van der Waals surface area contributed by atoms with E-state index in [1.165, 1.54) is 5.56 Å². The minimum Gasteiger partial charge on any atom is -0.312 e. The van der Waals surface area contributed by atoms with Crippen LogP contribution in [0.25, 0.3) is 0 Å². The van der Waals surface area contributed by atoms with E-state index in [0.29, 0.717) is 6.04 Å². The summed E-state index contributed by atoms with van der Waals surface area (Å²) in [4.78, 5) is 0. The highest BCUT2D eigenvalue weighted by molar-refractivity contribution is 9.10. The molecule has 1 rings (SSSR count). The van der Waals surface area contributed by atoms with Crippen molar-refractivity contribution < 1.29 is 0 Å². The monoisotopic (exact) mass is 294 g/mol. The van der Waals surface area contributed by atoms with Gasteiger partial charge in [0.05, 0.1) is 11.5 Å². The third-order valence-electron chi connectivity index (χ3n) is 2.65. The van der Waals surface area contributed by atoms with E-state index in [1.54, 1.807) is 0 Å². The van der Waals surface area contributed by atoms with E-state index in [0.717, 1.165) is 17.4 Å². The van der Waals surface area contributed by atoms with Crippen LogP contribution in [0.1, 0.15) is 26.3 Å². The number of hydrogen-bond donors (Lipinski definition) is 1. The van der Waals surface area contributed by atoms with Gasteiger partial charge in [-0.2, -0.15) is 5.26 Å². The Bertz CT molecular complexity index is 390. The summed E-state index contributed by atoms with van der Waals surface area (Å²) >= 11 is 3.43. The van der Waals surface area contributed by atoms with E-state index >= 15 is 0 Å². The molecule has 1 unspecified atom stereocenters. The minimum atomic E-state index is -0.298. The molecule has 0 fully saturated rings. The van der Waals surface area contributed by atoms with Crippen LogP contribution in [0, 0.1) is 16.7 Å². The van der Waals surface area contributed by atoms with Gasteiger partial charge in [0.25, 0.3) is 0 Å². The van der Waals surface area contributed by atoms with E-state index in [-0.39, 0.29) is 5.41 Å². The molecule has 1 aromatic carbocycles. The number of hydrogen-bond acceptors (Lipinski definition) is 2. The van der Waals surface area contributed by atoms with Crippen LogP contribution in [-0.4, -0.2) is 12.6 Å². The van der Waals surface area contributed by atoms with Crippen molar-refractivity contribution in [3.05, 3.63) is 34.3 Å². The van der Waals surface area contributed by atoms with Gasteiger partial charge in [-0.05, 0) is 44.9 Å². The van der Waals surface area contributed by atoms with E-state index in [9.17, 15) is 0 Å². The molecule has 0 aliphatic carbocycles. The van der Waals surface area contributed by atoms with Crippen LogP contribution in [-0.2, 0) is 6.42 Å². The topological polar surface area (TPSA) is 35.8 Å². The summed E-state index contributed by atoms with van der Waals surface area (Å²) in [5.74, 6) is 0. The molecule has 17 heavy (non-hydrogen) atoms. The molecule has 3 heteroatoms. The standard InChI is InChI=1S/C14H19BrN2/c1-11(17-10-14(2,3)9-16)8-12-4-6-13(15)7-5-12/h4-7,11,17H,8,10H2,1-3H3. The molecule has 1 N–H and O–H groups in total. The maximum Gasteiger partial charge on any atom is 0.0697 e. The first-order valence-electron chi connectivity index (χ1n) is 5.82. The fourth-order valence-corrected chi connectivity index (χ4v) is 1.78. The SMILES string of the molecule is CC(Cc1ccc(Br)cc1)NCC(C)(C)C#N. The molecule has 0 aromatic heterocycles. The minimum absolute atomic E-state index is 0.298. The van der Waals surface area contributed by atoms with Gasteiger partial charge in [0.1, 0.15) is 0 Å². The average Bonchev–Trinajstić information content (AvgIpc) is 2.30. The summed E-state index contributed by atoms with van der Waals surface area (Å²) in [6.07, 6.45) is 0.981. The molecule has 0 aliphatic heterocycles. The van der Waals surface area contributed by atoms with Crippen LogP contribution < -0.4 is 5.32 Å². The number of halogens is 1. The van der Waals surface area contributed by atoms with Gasteiger partial charge in [0, 0.05) is 17.1 Å². The molecule has 1 atom stereocenters. The number of nitrogens with zero attached hydrogens (tertiary/aromatic N) is 1. The summed E-state index contributed by atoms with van der Waals surface area (Å²) in [7, 11) is 0. The van der Waals surface area contributed by atoms with Crippen LogP contribution in [0.5, 0.6) is 0 Å². The number of nitrogens with one attached hydrogen (secondary N) is 1. The molecule has 0 amide bonds. The van der Waals surface area contributed by atoms with Crippen molar-refractivity contribution in [2.75, 3.05) is 6.54 Å². The molecular formula is C14H19BrN2. The fourth-order valence-electron chi connectivity index (χ4n) is 1.52. The van der Waals surface area contributed by atoms with Gasteiger partial charge >= 0.3 is 0 Å². The van der Waals surface area contributed by atoms with Crippen molar-refractivity contribution in [2.24, 2.45) is 5.41 Å². The highest BCUT2D eigenvalue weighted by Gasteiger charge is 2.17. The first kappa shape index (κ1) is 14.2. The molecule has 0 saturated heterocycles. The Balaban J connectivity index is 2.43. The summed E-state index contributed by atoms with van der Waals surface area (Å²) in [5, 5.41) is 12.3. The summed E-state index contributed by atoms with van der Waals surface area (Å²) in [6.45, 7) is 6.77. The predicted octanol–water partition coefficient (Wildman–Crippen LogP) is 3.52. The summed E-state index contributed by atoms with van der Waals surface area (Å²) < 4.78 is 1.10. The second-order valence-corrected chi connectivity index (χ2v) is 6.02. The molecule has 0 heterocycles. The molecule has 2 nitrogen and oxygen atoms in total. The Kier molecular flexibility index (Phi) is 5.17. The molecule has 0 saturated carbocycles. The van der Waals surface area contributed by atoms with E-state index in [1.807, 2.05) is 13.8 Å². The van der Waals surface area contributed by atoms with Crippen LogP contribution in [0.3, 0.4) is 0 Å². The lowest BCUT2D eigenvalue weighted by Crippen LogP contribution is -2.35. The zero-order valence-corrected chi connectivity index (χ0v) is 12.2. The van der Waals surface area contributed by atoms with Gasteiger partial charge in [0.15, 0.2) is 0 Å². The second-order valence-electron chi connectivity index (χ2n) is 5.11. The van der Waals surface area contributed by atoms with Crippen molar-refractivity contribution in [1.29, 1.82) is 5.26 Å². The molecule has 0 aliphatic rings. The average molecular weight is 295 g/mol. The van der Waals surface area contributed by atoms with Crippen LogP contribution in [0.15, 0.2) is 28.7 Å².